The number of carbonyl (C=O) groups excluding carboxylic acids is 1. The third kappa shape index (κ3) is 4.02. The highest BCUT2D eigenvalue weighted by Gasteiger charge is 2.06. The molecule has 0 saturated heterocycles. The average molecular weight is 363 g/mol. The summed E-state index contributed by atoms with van der Waals surface area (Å²) in [5.74, 6) is 0.331. The van der Waals surface area contributed by atoms with Crippen molar-refractivity contribution in [2.24, 2.45) is 0 Å². The number of rotatable bonds is 6. The summed E-state index contributed by atoms with van der Waals surface area (Å²) in [5.41, 5.74) is 2.28. The van der Waals surface area contributed by atoms with Gasteiger partial charge in [0.1, 0.15) is 5.75 Å². The second-order valence-corrected chi connectivity index (χ2v) is 6.14. The summed E-state index contributed by atoms with van der Waals surface area (Å²) in [6, 6.07) is 13.0. The summed E-state index contributed by atoms with van der Waals surface area (Å²) >= 11 is 11.7. The maximum atomic E-state index is 11.9. The fourth-order valence-electron chi connectivity index (χ4n) is 2.44. The van der Waals surface area contributed by atoms with Crippen LogP contribution in [0.1, 0.15) is 5.56 Å². The molecule has 24 heavy (non-hydrogen) atoms. The monoisotopic (exact) mass is 362 g/mol. The highest BCUT2D eigenvalue weighted by molar-refractivity contribution is 6.42. The van der Waals surface area contributed by atoms with Gasteiger partial charge in [-0.1, -0.05) is 41.4 Å². The largest absolute Gasteiger partial charge is 0.484 e. The lowest BCUT2D eigenvalue weighted by Gasteiger charge is -2.08. The lowest BCUT2D eigenvalue weighted by atomic mass is 10.1. The van der Waals surface area contributed by atoms with Crippen LogP contribution < -0.4 is 10.1 Å². The molecule has 0 aliphatic rings. The van der Waals surface area contributed by atoms with E-state index in [0.717, 1.165) is 11.9 Å². The van der Waals surface area contributed by atoms with Gasteiger partial charge in [-0.3, -0.25) is 4.79 Å². The van der Waals surface area contributed by atoms with E-state index in [-0.39, 0.29) is 12.5 Å². The van der Waals surface area contributed by atoms with Crippen LogP contribution in [0.4, 0.5) is 0 Å². The molecule has 0 fully saturated rings. The predicted octanol–water partition coefficient (Wildman–Crippen LogP) is 4.21. The number of benzene rings is 2. The van der Waals surface area contributed by atoms with Crippen molar-refractivity contribution >= 4 is 40.0 Å². The highest BCUT2D eigenvalue weighted by atomic mass is 35.5. The summed E-state index contributed by atoms with van der Waals surface area (Å²) in [5, 5.41) is 4.87. The first-order valence-corrected chi connectivity index (χ1v) is 8.28. The van der Waals surface area contributed by atoms with Crippen LogP contribution in [0.15, 0.2) is 48.7 Å². The molecule has 3 rings (SSSR count). The van der Waals surface area contributed by atoms with E-state index in [1.54, 1.807) is 18.2 Å². The standard InChI is InChI=1S/C18H16Cl2N2O2/c19-15-6-5-13(9-16(15)20)24-11-18(23)21-8-7-12-10-22-17-4-2-1-3-14(12)17/h1-6,9-10,22H,7-8,11H2,(H,21,23). The van der Waals surface area contributed by atoms with Crippen molar-refractivity contribution in [2.75, 3.05) is 13.2 Å². The third-order valence-corrected chi connectivity index (χ3v) is 4.39. The van der Waals surface area contributed by atoms with E-state index in [4.69, 9.17) is 27.9 Å². The SMILES string of the molecule is O=C(COc1ccc(Cl)c(Cl)c1)NCCc1c[nH]c2ccccc12. The molecule has 3 aromatic rings. The van der Waals surface area contributed by atoms with Crippen LogP contribution in [0.2, 0.25) is 10.0 Å². The Bertz CT molecular complexity index is 861. The zero-order chi connectivity index (χ0) is 16.9. The average Bonchev–Trinajstić information content (AvgIpc) is 2.99. The van der Waals surface area contributed by atoms with Crippen LogP contribution in [0.25, 0.3) is 10.9 Å². The number of hydrogen-bond acceptors (Lipinski definition) is 2. The minimum absolute atomic E-state index is 0.0636. The van der Waals surface area contributed by atoms with Gasteiger partial charge in [-0.25, -0.2) is 0 Å². The fraction of sp³-hybridized carbons (Fsp3) is 0.167. The molecule has 0 bridgehead atoms. The van der Waals surface area contributed by atoms with Crippen LogP contribution in [-0.4, -0.2) is 24.0 Å². The smallest absolute Gasteiger partial charge is 0.257 e. The van der Waals surface area contributed by atoms with Crippen LogP contribution in [-0.2, 0) is 11.2 Å². The topological polar surface area (TPSA) is 54.1 Å². The molecule has 1 aromatic heterocycles. The molecule has 0 radical (unpaired) electrons. The Labute approximate surface area is 149 Å². The Kier molecular flexibility index (Phi) is 5.28. The number of H-pyrrole nitrogens is 1. The van der Waals surface area contributed by atoms with Crippen molar-refractivity contribution in [3.8, 4) is 5.75 Å². The molecule has 1 amide bonds. The van der Waals surface area contributed by atoms with Gasteiger partial charge in [0.2, 0.25) is 0 Å². The summed E-state index contributed by atoms with van der Waals surface area (Å²) in [4.78, 5) is 15.1. The van der Waals surface area contributed by atoms with Gasteiger partial charge in [0.25, 0.3) is 5.91 Å². The van der Waals surface area contributed by atoms with Crippen molar-refractivity contribution in [2.45, 2.75) is 6.42 Å². The van der Waals surface area contributed by atoms with Gasteiger partial charge >= 0.3 is 0 Å². The molecule has 0 saturated carbocycles. The zero-order valence-electron chi connectivity index (χ0n) is 12.8. The maximum Gasteiger partial charge on any atom is 0.257 e. The summed E-state index contributed by atoms with van der Waals surface area (Å²) in [6.07, 6.45) is 2.73. The molecule has 6 heteroatoms. The zero-order valence-corrected chi connectivity index (χ0v) is 14.3. The van der Waals surface area contributed by atoms with E-state index in [1.807, 2.05) is 24.4 Å². The molecule has 0 atom stereocenters. The number of hydrogen-bond donors (Lipinski definition) is 2. The molecular formula is C18H16Cl2N2O2. The first-order chi connectivity index (χ1) is 11.6. The molecule has 0 spiro atoms. The highest BCUT2D eigenvalue weighted by Crippen LogP contribution is 2.26. The molecule has 0 aliphatic carbocycles. The molecule has 1 heterocycles. The van der Waals surface area contributed by atoms with Crippen molar-refractivity contribution in [1.29, 1.82) is 0 Å². The number of carbonyl (C=O) groups is 1. The van der Waals surface area contributed by atoms with Crippen molar-refractivity contribution in [3.05, 3.63) is 64.3 Å². The minimum Gasteiger partial charge on any atom is -0.484 e. The number of nitrogens with one attached hydrogen (secondary N) is 2. The van der Waals surface area contributed by atoms with Gasteiger partial charge in [-0.15, -0.1) is 0 Å². The molecule has 2 N–H and O–H groups in total. The lowest BCUT2D eigenvalue weighted by Crippen LogP contribution is -2.30. The number of fused-ring (bicyclic) bond motifs is 1. The summed E-state index contributed by atoms with van der Waals surface area (Å²) < 4.78 is 5.40. The van der Waals surface area contributed by atoms with E-state index < -0.39 is 0 Å². The number of amides is 1. The maximum absolute atomic E-state index is 11.9. The molecule has 0 aliphatic heterocycles. The number of aromatic amines is 1. The van der Waals surface area contributed by atoms with Gasteiger partial charge in [0.15, 0.2) is 6.61 Å². The quantitative estimate of drug-likeness (QED) is 0.689. The van der Waals surface area contributed by atoms with Gasteiger partial charge in [-0.2, -0.15) is 0 Å². The van der Waals surface area contributed by atoms with Gasteiger partial charge in [-0.05, 0) is 30.2 Å². The Morgan fingerprint density at radius 1 is 1.12 bits per heavy atom. The predicted molar refractivity (Wildman–Crippen MR) is 97.0 cm³/mol. The van der Waals surface area contributed by atoms with Crippen LogP contribution in [0, 0.1) is 0 Å². The molecule has 2 aromatic carbocycles. The second-order valence-electron chi connectivity index (χ2n) is 5.32. The summed E-state index contributed by atoms with van der Waals surface area (Å²) in [7, 11) is 0. The first-order valence-electron chi connectivity index (χ1n) is 7.53. The first kappa shape index (κ1) is 16.7. The van der Waals surface area contributed by atoms with Crippen LogP contribution in [0.5, 0.6) is 5.75 Å². The van der Waals surface area contributed by atoms with Gasteiger partial charge < -0.3 is 15.0 Å². The number of ether oxygens (including phenoxy) is 1. The van der Waals surface area contributed by atoms with Gasteiger partial charge in [0, 0.05) is 29.7 Å². The van der Waals surface area contributed by atoms with Crippen LogP contribution >= 0.6 is 23.2 Å². The van der Waals surface area contributed by atoms with E-state index in [0.29, 0.717) is 22.3 Å². The molecular weight excluding hydrogens is 347 g/mol. The Morgan fingerprint density at radius 3 is 2.79 bits per heavy atom. The minimum atomic E-state index is -0.180. The van der Waals surface area contributed by atoms with Crippen molar-refractivity contribution < 1.29 is 9.53 Å². The molecule has 124 valence electrons. The number of aromatic nitrogens is 1. The molecule has 4 nitrogen and oxygen atoms in total. The molecule has 0 unspecified atom stereocenters. The number of para-hydroxylation sites is 1. The summed E-state index contributed by atoms with van der Waals surface area (Å²) in [6.45, 7) is 0.483. The Morgan fingerprint density at radius 2 is 1.96 bits per heavy atom. The van der Waals surface area contributed by atoms with Crippen molar-refractivity contribution in [3.63, 3.8) is 0 Å². The Hall–Kier alpha value is -2.17. The number of halogens is 2. The van der Waals surface area contributed by atoms with Crippen LogP contribution in [0.3, 0.4) is 0 Å². The van der Waals surface area contributed by atoms with Crippen molar-refractivity contribution in [1.82, 2.24) is 10.3 Å². The normalized spacial score (nSPS) is 10.8. The Balaban J connectivity index is 1.46. The fourth-order valence-corrected chi connectivity index (χ4v) is 2.73. The van der Waals surface area contributed by atoms with E-state index in [9.17, 15) is 4.79 Å². The third-order valence-electron chi connectivity index (χ3n) is 3.65. The second kappa shape index (κ2) is 7.60. The lowest BCUT2D eigenvalue weighted by molar-refractivity contribution is -0.123. The van der Waals surface area contributed by atoms with E-state index in [2.05, 4.69) is 16.4 Å². The van der Waals surface area contributed by atoms with Gasteiger partial charge in [0.05, 0.1) is 10.0 Å². The van der Waals surface area contributed by atoms with E-state index in [1.165, 1.54) is 10.9 Å². The van der Waals surface area contributed by atoms with E-state index >= 15 is 0 Å².